The van der Waals surface area contributed by atoms with Crippen LogP contribution >= 0.6 is 0 Å². The minimum absolute atomic E-state index is 0.374. The van der Waals surface area contributed by atoms with Crippen LogP contribution in [0.1, 0.15) is 15.9 Å². The van der Waals surface area contributed by atoms with Crippen LogP contribution in [0.15, 0.2) is 41.5 Å². The smallest absolute Gasteiger partial charge is 0.275 e. The summed E-state index contributed by atoms with van der Waals surface area (Å²) in [6.45, 7) is 0. The molecule has 0 aliphatic rings. The van der Waals surface area contributed by atoms with E-state index in [1.807, 2.05) is 0 Å². The van der Waals surface area contributed by atoms with Gasteiger partial charge in [-0.1, -0.05) is 12.1 Å². The van der Waals surface area contributed by atoms with Gasteiger partial charge in [-0.15, -0.1) is 0 Å². The van der Waals surface area contributed by atoms with Crippen LogP contribution in [-0.4, -0.2) is 40.6 Å². The van der Waals surface area contributed by atoms with Gasteiger partial charge in [0.05, 0.1) is 40.2 Å². The summed E-state index contributed by atoms with van der Waals surface area (Å²) in [5.41, 5.74) is 3.53. The third-order valence-corrected chi connectivity index (χ3v) is 3.42. The number of para-hydroxylation sites is 1. The zero-order chi connectivity index (χ0) is 18.2. The fourth-order valence-electron chi connectivity index (χ4n) is 2.23. The largest absolute Gasteiger partial charge is 0.496 e. The van der Waals surface area contributed by atoms with E-state index in [1.165, 1.54) is 34.7 Å². The lowest BCUT2D eigenvalue weighted by Crippen LogP contribution is -2.18. The Bertz CT molecular complexity index is 749. The van der Waals surface area contributed by atoms with Gasteiger partial charge < -0.3 is 18.9 Å². The van der Waals surface area contributed by atoms with Gasteiger partial charge in [0.25, 0.3) is 5.91 Å². The van der Waals surface area contributed by atoms with Gasteiger partial charge in [-0.05, 0) is 24.3 Å². The van der Waals surface area contributed by atoms with Gasteiger partial charge in [-0.3, -0.25) is 4.79 Å². The molecule has 0 heterocycles. The number of carbonyl (C=O) groups excluding carboxylic acids is 1. The number of carbonyl (C=O) groups is 1. The predicted octanol–water partition coefficient (Wildman–Crippen LogP) is 2.48. The molecule has 132 valence electrons. The summed E-state index contributed by atoms with van der Waals surface area (Å²) < 4.78 is 21.0. The lowest BCUT2D eigenvalue weighted by atomic mass is 10.2. The summed E-state index contributed by atoms with van der Waals surface area (Å²) in [6.07, 6.45) is 1.48. The van der Waals surface area contributed by atoms with Crippen LogP contribution in [0.5, 0.6) is 23.0 Å². The predicted molar refractivity (Wildman–Crippen MR) is 94.2 cm³/mol. The Morgan fingerprint density at radius 2 is 1.52 bits per heavy atom. The molecule has 0 saturated heterocycles. The molecule has 7 heteroatoms. The van der Waals surface area contributed by atoms with Crippen LogP contribution in [0.25, 0.3) is 0 Å². The van der Waals surface area contributed by atoms with Crippen LogP contribution in [0.2, 0.25) is 0 Å². The number of methoxy groups -OCH3 is 4. The van der Waals surface area contributed by atoms with Gasteiger partial charge in [0.1, 0.15) is 5.75 Å². The number of amides is 1. The quantitative estimate of drug-likeness (QED) is 0.617. The number of hydrazone groups is 1. The molecule has 7 nitrogen and oxygen atoms in total. The summed E-state index contributed by atoms with van der Waals surface area (Å²) in [5, 5.41) is 3.97. The van der Waals surface area contributed by atoms with Crippen LogP contribution < -0.4 is 24.4 Å². The van der Waals surface area contributed by atoms with Crippen molar-refractivity contribution in [1.29, 1.82) is 0 Å². The highest BCUT2D eigenvalue weighted by Crippen LogP contribution is 2.37. The third kappa shape index (κ3) is 4.20. The van der Waals surface area contributed by atoms with E-state index in [9.17, 15) is 4.79 Å². The molecular weight excluding hydrogens is 324 g/mol. The van der Waals surface area contributed by atoms with E-state index >= 15 is 0 Å². The normalized spacial score (nSPS) is 10.4. The molecular formula is C18H20N2O5. The average Bonchev–Trinajstić information content (AvgIpc) is 2.66. The van der Waals surface area contributed by atoms with Crippen LogP contribution in [-0.2, 0) is 0 Å². The monoisotopic (exact) mass is 344 g/mol. The molecule has 1 amide bonds. The number of rotatable bonds is 7. The zero-order valence-electron chi connectivity index (χ0n) is 14.5. The van der Waals surface area contributed by atoms with E-state index in [-0.39, 0.29) is 5.91 Å². The van der Waals surface area contributed by atoms with Crippen molar-refractivity contribution >= 4 is 12.1 Å². The number of benzene rings is 2. The highest BCUT2D eigenvalue weighted by molar-refractivity contribution is 5.97. The van der Waals surface area contributed by atoms with Crippen molar-refractivity contribution in [3.05, 3.63) is 47.5 Å². The second kappa shape index (κ2) is 8.58. The summed E-state index contributed by atoms with van der Waals surface area (Å²) >= 11 is 0. The molecule has 2 rings (SSSR count). The number of ether oxygens (including phenoxy) is 4. The first kappa shape index (κ1) is 18.1. The Labute approximate surface area is 146 Å². The maximum atomic E-state index is 12.2. The molecule has 0 fully saturated rings. The standard InChI is InChI=1S/C18H20N2O5/c1-22-14-8-6-5-7-13(14)18(21)20-19-11-12-9-15(23-2)17(25-4)16(10-12)24-3/h5-11H,1-4H3,(H,20,21)/b19-11-. The summed E-state index contributed by atoms with van der Waals surface area (Å²) in [6, 6.07) is 10.3. The van der Waals surface area contributed by atoms with Crippen molar-refractivity contribution in [3.8, 4) is 23.0 Å². The molecule has 0 radical (unpaired) electrons. The van der Waals surface area contributed by atoms with E-state index in [0.717, 1.165) is 0 Å². The van der Waals surface area contributed by atoms with Crippen LogP contribution in [0, 0.1) is 0 Å². The summed E-state index contributed by atoms with van der Waals surface area (Å²) in [4.78, 5) is 12.2. The maximum Gasteiger partial charge on any atom is 0.275 e. The first-order valence-electron chi connectivity index (χ1n) is 7.41. The summed E-state index contributed by atoms with van der Waals surface area (Å²) in [5.74, 6) is 1.59. The van der Waals surface area contributed by atoms with Crippen LogP contribution in [0.3, 0.4) is 0 Å². The maximum absolute atomic E-state index is 12.2. The second-order valence-corrected chi connectivity index (χ2v) is 4.86. The Balaban J connectivity index is 2.18. The number of hydrogen-bond acceptors (Lipinski definition) is 6. The SMILES string of the molecule is COc1ccccc1C(=O)N/N=C\c1cc(OC)c(OC)c(OC)c1. The molecule has 25 heavy (non-hydrogen) atoms. The molecule has 0 aromatic heterocycles. The van der Waals surface area contributed by atoms with Crippen molar-refractivity contribution in [2.45, 2.75) is 0 Å². The molecule has 0 saturated carbocycles. The third-order valence-electron chi connectivity index (χ3n) is 3.42. The molecule has 0 atom stereocenters. The molecule has 2 aromatic rings. The van der Waals surface area contributed by atoms with E-state index in [4.69, 9.17) is 18.9 Å². The number of hydrogen-bond donors (Lipinski definition) is 1. The minimum Gasteiger partial charge on any atom is -0.496 e. The summed E-state index contributed by atoms with van der Waals surface area (Å²) in [7, 11) is 6.09. The van der Waals surface area contributed by atoms with Gasteiger partial charge in [-0.2, -0.15) is 5.10 Å². The topological polar surface area (TPSA) is 78.4 Å². The Hall–Kier alpha value is -3.22. The molecule has 0 aliphatic heterocycles. The molecule has 0 bridgehead atoms. The molecule has 2 aromatic carbocycles. The Morgan fingerprint density at radius 1 is 0.920 bits per heavy atom. The van der Waals surface area contributed by atoms with E-state index < -0.39 is 0 Å². The van der Waals surface area contributed by atoms with Crippen molar-refractivity contribution in [2.24, 2.45) is 5.10 Å². The fraction of sp³-hybridized carbons (Fsp3) is 0.222. The van der Waals surface area contributed by atoms with Gasteiger partial charge in [0.15, 0.2) is 11.5 Å². The lowest BCUT2D eigenvalue weighted by Gasteiger charge is -2.12. The Morgan fingerprint density at radius 3 is 2.08 bits per heavy atom. The van der Waals surface area contributed by atoms with Crippen LogP contribution in [0.4, 0.5) is 0 Å². The Kier molecular flexibility index (Phi) is 6.22. The van der Waals surface area contributed by atoms with E-state index in [0.29, 0.717) is 34.1 Å². The second-order valence-electron chi connectivity index (χ2n) is 4.86. The van der Waals surface area contributed by atoms with Crippen molar-refractivity contribution in [3.63, 3.8) is 0 Å². The van der Waals surface area contributed by atoms with Gasteiger partial charge in [-0.25, -0.2) is 5.43 Å². The van der Waals surface area contributed by atoms with E-state index in [1.54, 1.807) is 36.4 Å². The minimum atomic E-state index is -0.374. The van der Waals surface area contributed by atoms with E-state index in [2.05, 4.69) is 10.5 Å². The number of nitrogens with zero attached hydrogens (tertiary/aromatic N) is 1. The first-order valence-corrected chi connectivity index (χ1v) is 7.41. The van der Waals surface area contributed by atoms with Crippen molar-refractivity contribution in [1.82, 2.24) is 5.43 Å². The van der Waals surface area contributed by atoms with Crippen molar-refractivity contribution < 1.29 is 23.7 Å². The average molecular weight is 344 g/mol. The molecule has 0 spiro atoms. The number of nitrogens with one attached hydrogen (secondary N) is 1. The molecule has 0 aliphatic carbocycles. The zero-order valence-corrected chi connectivity index (χ0v) is 14.5. The fourth-order valence-corrected chi connectivity index (χ4v) is 2.23. The van der Waals surface area contributed by atoms with Gasteiger partial charge in [0.2, 0.25) is 5.75 Å². The highest BCUT2D eigenvalue weighted by atomic mass is 16.5. The first-order chi connectivity index (χ1) is 12.1. The van der Waals surface area contributed by atoms with Gasteiger partial charge in [0, 0.05) is 5.56 Å². The lowest BCUT2D eigenvalue weighted by molar-refractivity contribution is 0.0952. The molecule has 1 N–H and O–H groups in total. The van der Waals surface area contributed by atoms with Gasteiger partial charge >= 0.3 is 0 Å². The molecule has 0 unspecified atom stereocenters. The van der Waals surface area contributed by atoms with Crippen molar-refractivity contribution in [2.75, 3.05) is 28.4 Å². The highest BCUT2D eigenvalue weighted by Gasteiger charge is 2.13.